The minimum Gasteiger partial charge on any atom is -0.371 e. The van der Waals surface area contributed by atoms with E-state index >= 15 is 0 Å². The number of para-hydroxylation sites is 1. The van der Waals surface area contributed by atoms with Gasteiger partial charge in [0.25, 0.3) is 0 Å². The molecule has 0 aliphatic carbocycles. The second-order valence-corrected chi connectivity index (χ2v) is 4.63. The summed E-state index contributed by atoms with van der Waals surface area (Å²) in [4.78, 5) is 13.1. The molecule has 0 amide bonds. The van der Waals surface area contributed by atoms with Gasteiger partial charge in [-0.15, -0.1) is 0 Å². The predicted molar refractivity (Wildman–Crippen MR) is 63.4 cm³/mol. The van der Waals surface area contributed by atoms with Crippen molar-refractivity contribution in [2.24, 2.45) is 0 Å². The van der Waals surface area contributed by atoms with Gasteiger partial charge in [0.2, 0.25) is 0 Å². The molecule has 1 aromatic carbocycles. The van der Waals surface area contributed by atoms with Crippen LogP contribution in [-0.4, -0.2) is 23.2 Å². The van der Waals surface area contributed by atoms with Crippen LogP contribution in [0.15, 0.2) is 24.3 Å². The van der Waals surface area contributed by atoms with Gasteiger partial charge in [-0.2, -0.15) is 0 Å². The lowest BCUT2D eigenvalue weighted by atomic mass is 10.1. The Labute approximate surface area is 95.7 Å². The lowest BCUT2D eigenvalue weighted by Crippen LogP contribution is -2.46. The van der Waals surface area contributed by atoms with E-state index in [2.05, 4.69) is 6.07 Å². The molecule has 1 aliphatic heterocycles. The average Bonchev–Trinajstić information content (AvgIpc) is 2.59. The molecule has 3 heteroatoms. The number of ketones is 1. The summed E-state index contributed by atoms with van der Waals surface area (Å²) in [6.45, 7) is 3.99. The van der Waals surface area contributed by atoms with E-state index in [0.717, 1.165) is 18.7 Å². The summed E-state index contributed by atoms with van der Waals surface area (Å²) in [6.07, 6.45) is 1.10. The van der Waals surface area contributed by atoms with Crippen LogP contribution in [0.4, 0.5) is 5.69 Å². The van der Waals surface area contributed by atoms with Crippen LogP contribution in [0.3, 0.4) is 0 Å². The van der Waals surface area contributed by atoms with Crippen LogP contribution in [0.1, 0.15) is 25.8 Å². The summed E-state index contributed by atoms with van der Waals surface area (Å²) in [5.41, 5.74) is 1.22. The molecule has 1 unspecified atom stereocenters. The van der Waals surface area contributed by atoms with Gasteiger partial charge in [0.15, 0.2) is 0 Å². The third-order valence-corrected chi connectivity index (χ3v) is 3.05. The van der Waals surface area contributed by atoms with Crippen molar-refractivity contribution in [2.75, 3.05) is 11.4 Å². The zero-order valence-corrected chi connectivity index (χ0v) is 9.73. The first kappa shape index (κ1) is 11.1. The van der Waals surface area contributed by atoms with Crippen molar-refractivity contribution in [2.45, 2.75) is 32.4 Å². The fraction of sp³-hybridized carbons (Fsp3) is 0.462. The number of benzene rings is 1. The maximum Gasteiger partial charge on any atom is 0.142 e. The molecule has 0 spiro atoms. The largest absolute Gasteiger partial charge is 0.371 e. The maximum absolute atomic E-state index is 11.1. The first-order valence-electron chi connectivity index (χ1n) is 5.58. The van der Waals surface area contributed by atoms with E-state index < -0.39 is 5.72 Å². The van der Waals surface area contributed by atoms with E-state index in [1.165, 1.54) is 12.5 Å². The highest BCUT2D eigenvalue weighted by atomic mass is 16.3. The molecule has 0 aromatic heterocycles. The van der Waals surface area contributed by atoms with Crippen molar-refractivity contribution in [1.29, 1.82) is 0 Å². The van der Waals surface area contributed by atoms with Crippen LogP contribution in [0.2, 0.25) is 0 Å². The lowest BCUT2D eigenvalue weighted by Gasteiger charge is -2.35. The normalized spacial score (nSPS) is 18.1. The summed E-state index contributed by atoms with van der Waals surface area (Å²) in [6, 6.07) is 8.03. The number of hydrogen-bond acceptors (Lipinski definition) is 3. The average molecular weight is 219 g/mol. The van der Waals surface area contributed by atoms with Crippen LogP contribution in [-0.2, 0) is 11.2 Å². The minimum atomic E-state index is -1.07. The number of aliphatic hydroxyl groups is 1. The topological polar surface area (TPSA) is 40.5 Å². The highest BCUT2D eigenvalue weighted by Gasteiger charge is 2.34. The Morgan fingerprint density at radius 3 is 2.88 bits per heavy atom. The highest BCUT2D eigenvalue weighted by molar-refractivity contribution is 5.77. The van der Waals surface area contributed by atoms with E-state index in [1.54, 1.807) is 6.92 Å². The number of rotatable bonds is 3. The molecule has 16 heavy (non-hydrogen) atoms. The van der Waals surface area contributed by atoms with E-state index in [4.69, 9.17) is 0 Å². The van der Waals surface area contributed by atoms with Crippen molar-refractivity contribution < 1.29 is 9.90 Å². The second-order valence-electron chi connectivity index (χ2n) is 4.63. The van der Waals surface area contributed by atoms with Crippen molar-refractivity contribution in [3.05, 3.63) is 29.8 Å². The van der Waals surface area contributed by atoms with Gasteiger partial charge in [-0.05, 0) is 31.9 Å². The van der Waals surface area contributed by atoms with Crippen LogP contribution in [0, 0.1) is 0 Å². The Kier molecular flexibility index (Phi) is 2.72. The van der Waals surface area contributed by atoms with Crippen LogP contribution in [0.25, 0.3) is 0 Å². The van der Waals surface area contributed by atoms with Gasteiger partial charge < -0.3 is 10.0 Å². The Morgan fingerprint density at radius 2 is 2.19 bits per heavy atom. The quantitative estimate of drug-likeness (QED) is 0.841. The minimum absolute atomic E-state index is 0.00869. The van der Waals surface area contributed by atoms with Gasteiger partial charge in [-0.25, -0.2) is 0 Å². The number of fused-ring (bicyclic) bond motifs is 1. The monoisotopic (exact) mass is 219 g/mol. The van der Waals surface area contributed by atoms with Crippen molar-refractivity contribution >= 4 is 11.5 Å². The van der Waals surface area contributed by atoms with Gasteiger partial charge in [0.1, 0.15) is 11.5 Å². The third kappa shape index (κ3) is 1.95. The molecule has 2 rings (SSSR count). The zero-order chi connectivity index (χ0) is 11.8. The molecule has 1 aliphatic rings. The molecule has 0 radical (unpaired) electrons. The standard InChI is InChI=1S/C13H17NO2/c1-10(15)9-13(2,16)14-8-7-11-5-3-4-6-12(11)14/h3-6,16H,7-9H2,1-2H3. The molecular weight excluding hydrogens is 202 g/mol. The summed E-state index contributed by atoms with van der Waals surface area (Å²) < 4.78 is 0. The summed E-state index contributed by atoms with van der Waals surface area (Å²) in [5.74, 6) is 0.00869. The first-order valence-corrected chi connectivity index (χ1v) is 5.58. The molecule has 1 N–H and O–H groups in total. The van der Waals surface area contributed by atoms with Crippen molar-refractivity contribution in [1.82, 2.24) is 0 Å². The summed E-state index contributed by atoms with van der Waals surface area (Å²) >= 11 is 0. The van der Waals surface area contributed by atoms with Gasteiger partial charge >= 0.3 is 0 Å². The number of anilines is 1. The van der Waals surface area contributed by atoms with E-state index in [9.17, 15) is 9.90 Å². The van der Waals surface area contributed by atoms with Gasteiger partial charge in [-0.3, -0.25) is 4.79 Å². The van der Waals surface area contributed by atoms with Gasteiger partial charge in [0.05, 0.1) is 6.42 Å². The molecule has 0 saturated carbocycles. The third-order valence-electron chi connectivity index (χ3n) is 3.05. The fourth-order valence-corrected chi connectivity index (χ4v) is 2.41. The smallest absolute Gasteiger partial charge is 0.142 e. The molecule has 0 bridgehead atoms. The van der Waals surface area contributed by atoms with E-state index in [1.807, 2.05) is 23.1 Å². The number of hydrogen-bond donors (Lipinski definition) is 1. The number of carbonyl (C=O) groups excluding carboxylic acids is 1. The summed E-state index contributed by atoms with van der Waals surface area (Å²) in [7, 11) is 0. The predicted octanol–water partition coefficient (Wildman–Crippen LogP) is 1.74. The Balaban J connectivity index is 2.27. The first-order chi connectivity index (χ1) is 7.50. The zero-order valence-electron chi connectivity index (χ0n) is 9.73. The van der Waals surface area contributed by atoms with Crippen molar-refractivity contribution in [3.8, 4) is 0 Å². The molecule has 1 atom stereocenters. The van der Waals surface area contributed by atoms with Gasteiger partial charge in [0, 0.05) is 12.2 Å². The molecule has 0 fully saturated rings. The lowest BCUT2D eigenvalue weighted by molar-refractivity contribution is -0.121. The summed E-state index contributed by atoms with van der Waals surface area (Å²) in [5, 5.41) is 10.3. The van der Waals surface area contributed by atoms with Gasteiger partial charge in [-0.1, -0.05) is 18.2 Å². The van der Waals surface area contributed by atoms with Crippen molar-refractivity contribution in [3.63, 3.8) is 0 Å². The molecule has 1 aromatic rings. The van der Waals surface area contributed by atoms with Crippen LogP contribution < -0.4 is 4.90 Å². The Morgan fingerprint density at radius 1 is 1.50 bits per heavy atom. The molecule has 1 heterocycles. The molecule has 0 saturated heterocycles. The Bertz CT molecular complexity index is 412. The highest BCUT2D eigenvalue weighted by Crippen LogP contribution is 2.33. The maximum atomic E-state index is 11.1. The fourth-order valence-electron chi connectivity index (χ4n) is 2.41. The number of nitrogens with zero attached hydrogens (tertiary/aromatic N) is 1. The van der Waals surface area contributed by atoms with Crippen LogP contribution >= 0.6 is 0 Å². The second kappa shape index (κ2) is 3.91. The van der Waals surface area contributed by atoms with E-state index in [-0.39, 0.29) is 12.2 Å². The molecule has 3 nitrogen and oxygen atoms in total. The molecular formula is C13H17NO2. The number of Topliss-reactive ketones (excluding diaryl/α,β-unsaturated/α-hetero) is 1. The van der Waals surface area contributed by atoms with E-state index in [0.29, 0.717) is 0 Å². The molecule has 86 valence electrons. The Hall–Kier alpha value is -1.35. The number of carbonyl (C=O) groups is 1. The SMILES string of the molecule is CC(=O)CC(C)(O)N1CCc2ccccc21. The van der Waals surface area contributed by atoms with Crippen LogP contribution in [0.5, 0.6) is 0 Å².